The molecule has 0 atom stereocenters. The Morgan fingerprint density at radius 3 is 2.72 bits per heavy atom. The van der Waals surface area contributed by atoms with Crippen molar-refractivity contribution in [2.24, 2.45) is 0 Å². The number of nitrogen functional groups attached to an aromatic ring is 1. The van der Waals surface area contributed by atoms with Crippen molar-refractivity contribution in [3.05, 3.63) is 41.3 Å². The van der Waals surface area contributed by atoms with Gasteiger partial charge in [0, 0.05) is 0 Å². The molecule has 2 rings (SSSR count). The molecule has 0 amide bonds. The fourth-order valence-electron chi connectivity index (χ4n) is 1.59. The highest BCUT2D eigenvalue weighted by molar-refractivity contribution is 6.28. The van der Waals surface area contributed by atoms with Gasteiger partial charge in [-0.05, 0) is 29.1 Å². The van der Waals surface area contributed by atoms with E-state index in [-0.39, 0.29) is 11.2 Å². The molecule has 0 radical (unpaired) electrons. The van der Waals surface area contributed by atoms with Crippen molar-refractivity contribution >= 4 is 17.3 Å². The summed E-state index contributed by atoms with van der Waals surface area (Å²) in [7, 11) is 0. The van der Waals surface area contributed by atoms with Crippen LogP contribution in [0.15, 0.2) is 30.5 Å². The first-order valence-corrected chi connectivity index (χ1v) is 6.00. The zero-order valence-electron chi connectivity index (χ0n) is 10.2. The van der Waals surface area contributed by atoms with Gasteiger partial charge in [0.2, 0.25) is 11.2 Å². The minimum Gasteiger partial charge on any atom is -0.437 e. The van der Waals surface area contributed by atoms with E-state index in [4.69, 9.17) is 22.1 Å². The first kappa shape index (κ1) is 12.6. The van der Waals surface area contributed by atoms with E-state index in [9.17, 15) is 0 Å². The van der Waals surface area contributed by atoms with E-state index in [0.29, 0.717) is 11.6 Å². The second-order valence-corrected chi connectivity index (χ2v) is 4.53. The number of nitrogens with two attached hydrogens (primary N) is 1. The third-order valence-electron chi connectivity index (χ3n) is 2.50. The molecule has 0 aliphatic heterocycles. The van der Waals surface area contributed by atoms with Gasteiger partial charge in [0.1, 0.15) is 11.4 Å². The maximum Gasteiger partial charge on any atom is 0.247 e. The molecule has 1 heterocycles. The first-order chi connectivity index (χ1) is 8.58. The lowest BCUT2D eigenvalue weighted by molar-refractivity contribution is 0.456. The number of halogens is 1. The number of hydrogen-bond donors (Lipinski definition) is 1. The molecule has 1 aromatic carbocycles. The summed E-state index contributed by atoms with van der Waals surface area (Å²) in [6.45, 7) is 4.19. The molecule has 0 unspecified atom stereocenters. The van der Waals surface area contributed by atoms with Crippen LogP contribution in [0.5, 0.6) is 11.6 Å². The topological polar surface area (TPSA) is 61.0 Å². The van der Waals surface area contributed by atoms with Gasteiger partial charge >= 0.3 is 0 Å². The molecule has 0 fully saturated rings. The van der Waals surface area contributed by atoms with Crippen molar-refractivity contribution in [2.45, 2.75) is 19.8 Å². The quantitative estimate of drug-likeness (QED) is 0.859. The van der Waals surface area contributed by atoms with Crippen LogP contribution in [0.3, 0.4) is 0 Å². The van der Waals surface area contributed by atoms with Crippen LogP contribution in [-0.2, 0) is 0 Å². The molecule has 0 saturated heterocycles. The molecule has 5 heteroatoms. The minimum atomic E-state index is 0.112. The van der Waals surface area contributed by atoms with Crippen molar-refractivity contribution < 1.29 is 4.74 Å². The average Bonchev–Trinajstić information content (AvgIpc) is 2.34. The molecule has 0 saturated carbocycles. The fourth-order valence-corrected chi connectivity index (χ4v) is 1.72. The minimum absolute atomic E-state index is 0.112. The fraction of sp³-hybridized carbons (Fsp3) is 0.231. The Labute approximate surface area is 111 Å². The smallest absolute Gasteiger partial charge is 0.247 e. The molecule has 1 aromatic heterocycles. The second kappa shape index (κ2) is 5.23. The summed E-state index contributed by atoms with van der Waals surface area (Å²) in [6, 6.07) is 7.77. The molecule has 0 aliphatic carbocycles. The molecule has 18 heavy (non-hydrogen) atoms. The van der Waals surface area contributed by atoms with Crippen molar-refractivity contribution in [2.75, 3.05) is 5.73 Å². The highest BCUT2D eigenvalue weighted by atomic mass is 35.5. The van der Waals surface area contributed by atoms with Crippen LogP contribution in [0.2, 0.25) is 5.28 Å². The normalized spacial score (nSPS) is 10.7. The van der Waals surface area contributed by atoms with Crippen LogP contribution >= 0.6 is 11.6 Å². The standard InChI is InChI=1S/C13H14ClN3O/c1-8(2)9-5-3-4-6-11(9)18-12-10(15)7-16-13(14)17-12/h3-8H,15H2,1-2H3. The molecule has 2 aromatic rings. The van der Waals surface area contributed by atoms with E-state index in [0.717, 1.165) is 11.3 Å². The molecular formula is C13H14ClN3O. The number of para-hydroxylation sites is 1. The number of aromatic nitrogens is 2. The molecule has 0 aliphatic rings. The Balaban J connectivity index is 2.37. The van der Waals surface area contributed by atoms with Crippen LogP contribution < -0.4 is 10.5 Å². The second-order valence-electron chi connectivity index (χ2n) is 4.19. The number of anilines is 1. The molecular weight excluding hydrogens is 250 g/mol. The number of nitrogens with zero attached hydrogens (tertiary/aromatic N) is 2. The molecule has 0 spiro atoms. The van der Waals surface area contributed by atoms with Crippen molar-refractivity contribution in [3.8, 4) is 11.6 Å². The SMILES string of the molecule is CC(C)c1ccccc1Oc1nc(Cl)ncc1N. The number of ether oxygens (including phenoxy) is 1. The maximum atomic E-state index is 5.75. The van der Waals surface area contributed by atoms with Crippen LogP contribution in [0, 0.1) is 0 Å². The largest absolute Gasteiger partial charge is 0.437 e. The van der Waals surface area contributed by atoms with Gasteiger partial charge < -0.3 is 10.5 Å². The Bertz CT molecular complexity index is 558. The summed E-state index contributed by atoms with van der Waals surface area (Å²) in [5.74, 6) is 1.36. The number of rotatable bonds is 3. The van der Waals surface area contributed by atoms with Crippen LogP contribution in [0.1, 0.15) is 25.3 Å². The van der Waals surface area contributed by atoms with E-state index >= 15 is 0 Å². The molecule has 94 valence electrons. The van der Waals surface area contributed by atoms with E-state index < -0.39 is 0 Å². The van der Waals surface area contributed by atoms with Gasteiger partial charge in [-0.2, -0.15) is 4.98 Å². The van der Waals surface area contributed by atoms with Gasteiger partial charge in [-0.15, -0.1) is 0 Å². The van der Waals surface area contributed by atoms with Gasteiger partial charge in [-0.1, -0.05) is 32.0 Å². The van der Waals surface area contributed by atoms with Crippen molar-refractivity contribution in [3.63, 3.8) is 0 Å². The molecule has 0 bridgehead atoms. The highest BCUT2D eigenvalue weighted by Gasteiger charge is 2.11. The lowest BCUT2D eigenvalue weighted by Crippen LogP contribution is -1.99. The summed E-state index contributed by atoms with van der Waals surface area (Å²) < 4.78 is 5.72. The van der Waals surface area contributed by atoms with Crippen LogP contribution in [-0.4, -0.2) is 9.97 Å². The molecule has 2 N–H and O–H groups in total. The Morgan fingerprint density at radius 2 is 2.00 bits per heavy atom. The van der Waals surface area contributed by atoms with Crippen LogP contribution in [0.4, 0.5) is 5.69 Å². The number of hydrogen-bond acceptors (Lipinski definition) is 4. The van der Waals surface area contributed by atoms with Crippen molar-refractivity contribution in [1.29, 1.82) is 0 Å². The molecule has 4 nitrogen and oxygen atoms in total. The van der Waals surface area contributed by atoms with Gasteiger partial charge in [0.25, 0.3) is 0 Å². The van der Waals surface area contributed by atoms with E-state index in [2.05, 4.69) is 23.8 Å². The zero-order valence-corrected chi connectivity index (χ0v) is 11.0. The third-order valence-corrected chi connectivity index (χ3v) is 2.68. The summed E-state index contributed by atoms with van der Waals surface area (Å²) >= 11 is 5.73. The summed E-state index contributed by atoms with van der Waals surface area (Å²) in [6.07, 6.45) is 1.43. The number of benzene rings is 1. The summed E-state index contributed by atoms with van der Waals surface area (Å²) in [5.41, 5.74) is 7.20. The van der Waals surface area contributed by atoms with Crippen LogP contribution in [0.25, 0.3) is 0 Å². The summed E-state index contributed by atoms with van der Waals surface area (Å²) in [4.78, 5) is 7.76. The van der Waals surface area contributed by atoms with Crippen molar-refractivity contribution in [1.82, 2.24) is 9.97 Å². The maximum absolute atomic E-state index is 5.75. The first-order valence-electron chi connectivity index (χ1n) is 5.62. The van der Waals surface area contributed by atoms with Gasteiger partial charge in [0.05, 0.1) is 6.20 Å². The monoisotopic (exact) mass is 263 g/mol. The van der Waals surface area contributed by atoms with E-state index in [1.54, 1.807) is 0 Å². The highest BCUT2D eigenvalue weighted by Crippen LogP contribution is 2.31. The van der Waals surface area contributed by atoms with E-state index in [1.807, 2.05) is 24.3 Å². The Hall–Kier alpha value is -1.81. The zero-order chi connectivity index (χ0) is 13.1. The van der Waals surface area contributed by atoms with Gasteiger partial charge in [-0.3, -0.25) is 0 Å². The lowest BCUT2D eigenvalue weighted by atomic mass is 10.0. The predicted octanol–water partition coefficient (Wildman–Crippen LogP) is 3.63. The summed E-state index contributed by atoms with van der Waals surface area (Å²) in [5, 5.41) is 0.112. The third kappa shape index (κ3) is 2.71. The lowest BCUT2D eigenvalue weighted by Gasteiger charge is -2.13. The predicted molar refractivity (Wildman–Crippen MR) is 72.1 cm³/mol. The Kier molecular flexibility index (Phi) is 3.67. The average molecular weight is 264 g/mol. The van der Waals surface area contributed by atoms with Gasteiger partial charge in [-0.25, -0.2) is 4.98 Å². The Morgan fingerprint density at radius 1 is 1.28 bits per heavy atom. The van der Waals surface area contributed by atoms with Gasteiger partial charge in [0.15, 0.2) is 0 Å². The van der Waals surface area contributed by atoms with E-state index in [1.165, 1.54) is 6.20 Å².